The van der Waals surface area contributed by atoms with E-state index >= 15 is 0 Å². The van der Waals surface area contributed by atoms with Gasteiger partial charge in [0.15, 0.2) is 5.82 Å². The zero-order valence-electron chi connectivity index (χ0n) is 18.4. The topological polar surface area (TPSA) is 95.2 Å². The molecule has 0 unspecified atom stereocenters. The predicted molar refractivity (Wildman–Crippen MR) is 123 cm³/mol. The molecular weight excluding hydrogens is 402 g/mol. The molecule has 30 heavy (non-hydrogen) atoms. The van der Waals surface area contributed by atoms with E-state index in [1.165, 1.54) is 0 Å². The normalized spacial score (nSPS) is 12.7. The third kappa shape index (κ3) is 4.07. The first-order valence-electron chi connectivity index (χ1n) is 9.68. The van der Waals surface area contributed by atoms with E-state index in [0.717, 1.165) is 16.5 Å². The number of anilines is 2. The summed E-state index contributed by atoms with van der Waals surface area (Å²) in [4.78, 5) is 13.5. The van der Waals surface area contributed by atoms with Crippen molar-refractivity contribution < 1.29 is 9.47 Å². The van der Waals surface area contributed by atoms with Crippen LogP contribution in [-0.4, -0.2) is 35.2 Å². The van der Waals surface area contributed by atoms with Gasteiger partial charge >= 0.3 is 0 Å². The Morgan fingerprint density at radius 1 is 1.10 bits per heavy atom. The molecule has 8 heteroatoms. The Hall–Kier alpha value is -2.80. The van der Waals surface area contributed by atoms with Crippen LogP contribution < -0.4 is 20.5 Å². The Kier molecular flexibility index (Phi) is 5.94. The number of methoxy groups -OCH3 is 2. The van der Waals surface area contributed by atoms with E-state index in [9.17, 15) is 0 Å². The Bertz CT molecular complexity index is 1070. The number of rotatable bonds is 5. The number of pyridine rings is 1. The molecule has 0 saturated heterocycles. The Labute approximate surface area is 182 Å². The standard InChI is InChI=1S/C22H28ClN5O2/c1-11-15(29-6)9-16(30-7)18(23)17(11)14-8-13-10-25-21(24)28-19(13)20(27-14)26-12(2)22(3,4)5/h8-10,12H,1-7H3,(H,26,27)(H2,24,25,28)/t12-/m0/s1. The second-order valence-corrected chi connectivity index (χ2v) is 8.73. The highest BCUT2D eigenvalue weighted by Crippen LogP contribution is 2.43. The molecule has 1 aromatic carbocycles. The van der Waals surface area contributed by atoms with E-state index in [1.54, 1.807) is 26.5 Å². The molecule has 0 radical (unpaired) electrons. The third-order valence-electron chi connectivity index (χ3n) is 5.38. The molecule has 2 heterocycles. The second-order valence-electron chi connectivity index (χ2n) is 8.35. The van der Waals surface area contributed by atoms with Crippen LogP contribution in [0.4, 0.5) is 11.8 Å². The Morgan fingerprint density at radius 2 is 1.77 bits per heavy atom. The Morgan fingerprint density at radius 3 is 2.37 bits per heavy atom. The van der Waals surface area contributed by atoms with E-state index in [2.05, 4.69) is 43.0 Å². The van der Waals surface area contributed by atoms with Gasteiger partial charge in [-0.3, -0.25) is 0 Å². The van der Waals surface area contributed by atoms with Gasteiger partial charge in [-0.2, -0.15) is 0 Å². The van der Waals surface area contributed by atoms with Crippen LogP contribution in [0.1, 0.15) is 33.3 Å². The smallest absolute Gasteiger partial charge is 0.220 e. The summed E-state index contributed by atoms with van der Waals surface area (Å²) in [5.41, 5.74) is 8.78. The van der Waals surface area contributed by atoms with Crippen molar-refractivity contribution in [1.82, 2.24) is 15.0 Å². The van der Waals surface area contributed by atoms with Crippen molar-refractivity contribution in [2.75, 3.05) is 25.3 Å². The molecule has 3 rings (SSSR count). The van der Waals surface area contributed by atoms with Crippen molar-refractivity contribution in [3.8, 4) is 22.8 Å². The van der Waals surface area contributed by atoms with Crippen LogP contribution in [0.15, 0.2) is 18.3 Å². The number of fused-ring (bicyclic) bond motifs is 1. The number of aromatic nitrogens is 3. The quantitative estimate of drug-likeness (QED) is 0.582. The summed E-state index contributed by atoms with van der Waals surface area (Å²) in [6, 6.07) is 3.79. The summed E-state index contributed by atoms with van der Waals surface area (Å²) in [7, 11) is 3.18. The molecule has 3 aromatic rings. The molecular formula is C22H28ClN5O2. The third-order valence-corrected chi connectivity index (χ3v) is 5.75. The fourth-order valence-corrected chi connectivity index (χ4v) is 3.44. The monoisotopic (exact) mass is 429 g/mol. The summed E-state index contributed by atoms with van der Waals surface area (Å²) in [5, 5.41) is 4.76. The number of nitrogens with one attached hydrogen (secondary N) is 1. The van der Waals surface area contributed by atoms with Gasteiger partial charge in [0.1, 0.15) is 17.0 Å². The van der Waals surface area contributed by atoms with E-state index < -0.39 is 0 Å². The largest absolute Gasteiger partial charge is 0.496 e. The van der Waals surface area contributed by atoms with Gasteiger partial charge in [-0.15, -0.1) is 0 Å². The number of nitrogen functional groups attached to an aromatic ring is 1. The molecule has 0 amide bonds. The number of halogens is 1. The zero-order valence-corrected chi connectivity index (χ0v) is 19.2. The lowest BCUT2D eigenvalue weighted by molar-refractivity contribution is 0.359. The summed E-state index contributed by atoms with van der Waals surface area (Å²) >= 11 is 6.69. The SMILES string of the molecule is COc1cc(OC)c(Cl)c(-c2cc3cnc(N)nc3c(N[C@@H](C)C(C)(C)C)n2)c1C. The maximum absolute atomic E-state index is 6.69. The maximum atomic E-state index is 6.69. The molecule has 0 spiro atoms. The van der Waals surface area contributed by atoms with Gasteiger partial charge in [0.05, 0.1) is 24.9 Å². The van der Waals surface area contributed by atoms with Gasteiger partial charge < -0.3 is 20.5 Å². The first kappa shape index (κ1) is 21.9. The number of ether oxygens (including phenoxy) is 2. The minimum Gasteiger partial charge on any atom is -0.496 e. The number of benzene rings is 1. The maximum Gasteiger partial charge on any atom is 0.220 e. The van der Waals surface area contributed by atoms with E-state index in [1.807, 2.05) is 13.0 Å². The molecule has 160 valence electrons. The molecule has 0 aliphatic heterocycles. The highest BCUT2D eigenvalue weighted by Gasteiger charge is 2.24. The van der Waals surface area contributed by atoms with Gasteiger partial charge in [0, 0.05) is 34.8 Å². The van der Waals surface area contributed by atoms with Crippen molar-refractivity contribution >= 4 is 34.3 Å². The van der Waals surface area contributed by atoms with Crippen molar-refractivity contribution in [1.29, 1.82) is 0 Å². The van der Waals surface area contributed by atoms with Crippen molar-refractivity contribution in [3.63, 3.8) is 0 Å². The van der Waals surface area contributed by atoms with E-state index in [4.69, 9.17) is 31.8 Å². The van der Waals surface area contributed by atoms with E-state index in [0.29, 0.717) is 33.6 Å². The molecule has 0 aliphatic rings. The zero-order chi connectivity index (χ0) is 22.2. The van der Waals surface area contributed by atoms with Gasteiger partial charge in [0.25, 0.3) is 0 Å². The van der Waals surface area contributed by atoms with Crippen LogP contribution in [0, 0.1) is 12.3 Å². The molecule has 0 bridgehead atoms. The lowest BCUT2D eigenvalue weighted by Gasteiger charge is -2.29. The lowest BCUT2D eigenvalue weighted by atomic mass is 9.88. The Balaban J connectivity index is 2.30. The molecule has 7 nitrogen and oxygen atoms in total. The summed E-state index contributed by atoms with van der Waals surface area (Å²) in [6.07, 6.45) is 1.69. The molecule has 0 aliphatic carbocycles. The van der Waals surface area contributed by atoms with Crippen LogP contribution in [0.3, 0.4) is 0 Å². The molecule has 1 atom stereocenters. The lowest BCUT2D eigenvalue weighted by Crippen LogP contribution is -2.31. The first-order valence-corrected chi connectivity index (χ1v) is 10.1. The molecule has 0 saturated carbocycles. The fraction of sp³-hybridized carbons (Fsp3) is 0.409. The first-order chi connectivity index (χ1) is 14.1. The second kappa shape index (κ2) is 8.14. The minimum absolute atomic E-state index is 0.00926. The number of hydrogen-bond acceptors (Lipinski definition) is 7. The van der Waals surface area contributed by atoms with Gasteiger partial charge in [0.2, 0.25) is 5.95 Å². The number of nitrogens with two attached hydrogens (primary N) is 1. The number of nitrogens with zero attached hydrogens (tertiary/aromatic N) is 3. The van der Waals surface area contributed by atoms with Crippen LogP contribution in [-0.2, 0) is 0 Å². The van der Waals surface area contributed by atoms with E-state index in [-0.39, 0.29) is 17.4 Å². The van der Waals surface area contributed by atoms with Crippen LogP contribution in [0.25, 0.3) is 22.2 Å². The molecule has 0 fully saturated rings. The summed E-state index contributed by atoms with van der Waals surface area (Å²) in [6.45, 7) is 10.5. The summed E-state index contributed by atoms with van der Waals surface area (Å²) in [5.74, 6) is 2.00. The predicted octanol–water partition coefficient (Wildman–Crippen LogP) is 5.10. The van der Waals surface area contributed by atoms with Crippen molar-refractivity contribution in [2.45, 2.75) is 40.7 Å². The average Bonchev–Trinajstić information content (AvgIpc) is 2.68. The fourth-order valence-electron chi connectivity index (χ4n) is 3.07. The highest BCUT2D eigenvalue weighted by atomic mass is 35.5. The average molecular weight is 430 g/mol. The highest BCUT2D eigenvalue weighted by molar-refractivity contribution is 6.35. The molecule has 3 N–H and O–H groups in total. The van der Waals surface area contributed by atoms with Gasteiger partial charge in [-0.1, -0.05) is 32.4 Å². The van der Waals surface area contributed by atoms with Crippen LogP contribution >= 0.6 is 11.6 Å². The van der Waals surface area contributed by atoms with Gasteiger partial charge in [-0.25, -0.2) is 15.0 Å². The van der Waals surface area contributed by atoms with Crippen LogP contribution in [0.2, 0.25) is 5.02 Å². The van der Waals surface area contributed by atoms with Crippen LogP contribution in [0.5, 0.6) is 11.5 Å². The summed E-state index contributed by atoms with van der Waals surface area (Å²) < 4.78 is 11.0. The van der Waals surface area contributed by atoms with Gasteiger partial charge in [-0.05, 0) is 25.3 Å². The van der Waals surface area contributed by atoms with Crippen molar-refractivity contribution in [3.05, 3.63) is 28.9 Å². The molecule has 2 aromatic heterocycles. The minimum atomic E-state index is 0.00926. The van der Waals surface area contributed by atoms with Crippen molar-refractivity contribution in [2.24, 2.45) is 5.41 Å². The number of hydrogen-bond donors (Lipinski definition) is 2.